The van der Waals surface area contributed by atoms with E-state index in [0.717, 1.165) is 10.0 Å². The molecular weight excluding hydrogens is 460 g/mol. The minimum Gasteiger partial charge on any atom is -0.427 e. The molecule has 0 aromatic heterocycles. The van der Waals surface area contributed by atoms with Crippen LogP contribution in [0.5, 0.6) is 5.75 Å². The van der Waals surface area contributed by atoms with Crippen molar-refractivity contribution in [2.75, 3.05) is 10.6 Å². The fourth-order valence-corrected chi connectivity index (χ4v) is 3.08. The van der Waals surface area contributed by atoms with Gasteiger partial charge in [-0.05, 0) is 60.2 Å². The summed E-state index contributed by atoms with van der Waals surface area (Å²) in [4.78, 5) is 35.6. The maximum absolute atomic E-state index is 12.4. The first kappa shape index (κ1) is 22.0. The highest BCUT2D eigenvalue weighted by atomic mass is 79.9. The van der Waals surface area contributed by atoms with Crippen LogP contribution in [0.15, 0.2) is 83.3 Å². The standard InChI is InChI=1S/C24H19BrN2O4/c1-16(28)31-21-7-4-6-18(15-21)24(30)27-20-12-10-19(11-13-20)26-23(29)14-9-17-5-2-3-8-22(17)25/h2-15H,1H3,(H,26,29)(H,27,30)/b14-9+. The molecule has 3 aromatic rings. The molecule has 3 aromatic carbocycles. The highest BCUT2D eigenvalue weighted by Gasteiger charge is 2.09. The van der Waals surface area contributed by atoms with Crippen molar-refractivity contribution in [2.45, 2.75) is 6.92 Å². The summed E-state index contributed by atoms with van der Waals surface area (Å²) < 4.78 is 5.90. The van der Waals surface area contributed by atoms with Crippen molar-refractivity contribution in [3.63, 3.8) is 0 Å². The van der Waals surface area contributed by atoms with Crippen LogP contribution in [0, 0.1) is 0 Å². The van der Waals surface area contributed by atoms with E-state index in [0.29, 0.717) is 22.7 Å². The van der Waals surface area contributed by atoms with Gasteiger partial charge < -0.3 is 15.4 Å². The third-order valence-corrected chi connectivity index (χ3v) is 4.81. The number of halogens is 1. The van der Waals surface area contributed by atoms with Crippen LogP contribution in [0.4, 0.5) is 11.4 Å². The molecule has 0 aliphatic carbocycles. The molecule has 0 heterocycles. The Balaban J connectivity index is 1.59. The molecule has 7 heteroatoms. The van der Waals surface area contributed by atoms with Crippen LogP contribution in [-0.2, 0) is 9.59 Å². The van der Waals surface area contributed by atoms with E-state index in [-0.39, 0.29) is 11.8 Å². The highest BCUT2D eigenvalue weighted by molar-refractivity contribution is 9.10. The minimum absolute atomic E-state index is 0.269. The van der Waals surface area contributed by atoms with Crippen molar-refractivity contribution in [3.05, 3.63) is 94.5 Å². The molecule has 156 valence electrons. The molecule has 31 heavy (non-hydrogen) atoms. The number of benzene rings is 3. The number of esters is 1. The molecule has 0 unspecified atom stereocenters. The zero-order valence-corrected chi connectivity index (χ0v) is 18.2. The van der Waals surface area contributed by atoms with Crippen molar-refractivity contribution in [2.24, 2.45) is 0 Å². The molecule has 2 N–H and O–H groups in total. The lowest BCUT2D eigenvalue weighted by molar-refractivity contribution is -0.131. The van der Waals surface area contributed by atoms with Crippen molar-refractivity contribution in [1.29, 1.82) is 0 Å². The second kappa shape index (κ2) is 10.4. The third-order valence-electron chi connectivity index (χ3n) is 4.09. The molecule has 0 spiro atoms. The fourth-order valence-electron chi connectivity index (χ4n) is 2.67. The first-order valence-corrected chi connectivity index (χ1v) is 10.1. The van der Waals surface area contributed by atoms with Crippen LogP contribution in [-0.4, -0.2) is 17.8 Å². The van der Waals surface area contributed by atoms with E-state index >= 15 is 0 Å². The van der Waals surface area contributed by atoms with Crippen LogP contribution >= 0.6 is 15.9 Å². The second-order valence-electron chi connectivity index (χ2n) is 6.50. The van der Waals surface area contributed by atoms with Gasteiger partial charge in [0.1, 0.15) is 5.75 Å². The lowest BCUT2D eigenvalue weighted by Crippen LogP contribution is -2.12. The van der Waals surface area contributed by atoms with Gasteiger partial charge in [-0.3, -0.25) is 14.4 Å². The van der Waals surface area contributed by atoms with Crippen LogP contribution < -0.4 is 15.4 Å². The fraction of sp³-hybridized carbons (Fsp3) is 0.0417. The number of anilines is 2. The average Bonchev–Trinajstić information content (AvgIpc) is 2.74. The summed E-state index contributed by atoms with van der Waals surface area (Å²) >= 11 is 3.43. The molecule has 0 fully saturated rings. The highest BCUT2D eigenvalue weighted by Crippen LogP contribution is 2.19. The Labute approximate surface area is 188 Å². The van der Waals surface area contributed by atoms with Crippen LogP contribution in [0.3, 0.4) is 0 Å². The molecule has 0 radical (unpaired) electrons. The molecule has 3 rings (SSSR count). The van der Waals surface area contributed by atoms with Crippen molar-refractivity contribution >= 4 is 51.2 Å². The predicted molar refractivity (Wildman–Crippen MR) is 124 cm³/mol. The molecule has 0 aliphatic heterocycles. The molecular formula is C24H19BrN2O4. The summed E-state index contributed by atoms with van der Waals surface area (Å²) in [6.07, 6.45) is 3.17. The first-order chi connectivity index (χ1) is 14.9. The zero-order valence-electron chi connectivity index (χ0n) is 16.6. The molecule has 2 amide bonds. The number of hydrogen-bond donors (Lipinski definition) is 2. The zero-order chi connectivity index (χ0) is 22.2. The Morgan fingerprint density at radius 3 is 2.23 bits per heavy atom. The molecule has 6 nitrogen and oxygen atoms in total. The van der Waals surface area contributed by atoms with E-state index in [2.05, 4.69) is 26.6 Å². The lowest BCUT2D eigenvalue weighted by Gasteiger charge is -2.08. The summed E-state index contributed by atoms with van der Waals surface area (Å²) in [5, 5.41) is 5.53. The van der Waals surface area contributed by atoms with Gasteiger partial charge in [0.25, 0.3) is 5.91 Å². The molecule has 0 atom stereocenters. The van der Waals surface area contributed by atoms with E-state index in [1.54, 1.807) is 48.5 Å². The lowest BCUT2D eigenvalue weighted by atomic mass is 10.2. The van der Waals surface area contributed by atoms with Gasteiger partial charge in [-0.25, -0.2) is 0 Å². The van der Waals surface area contributed by atoms with Gasteiger partial charge in [0.2, 0.25) is 5.91 Å². The smallest absolute Gasteiger partial charge is 0.308 e. The van der Waals surface area contributed by atoms with Gasteiger partial charge in [0.05, 0.1) is 0 Å². The molecule has 0 aliphatic rings. The van der Waals surface area contributed by atoms with Crippen LogP contribution in [0.1, 0.15) is 22.8 Å². The number of carbonyl (C=O) groups is 3. The van der Waals surface area contributed by atoms with Crippen LogP contribution in [0.2, 0.25) is 0 Å². The number of amides is 2. The predicted octanol–water partition coefficient (Wildman–Crippen LogP) is 5.28. The van der Waals surface area contributed by atoms with Gasteiger partial charge in [0, 0.05) is 34.4 Å². The van der Waals surface area contributed by atoms with Crippen LogP contribution in [0.25, 0.3) is 6.08 Å². The SMILES string of the molecule is CC(=O)Oc1cccc(C(=O)Nc2ccc(NC(=O)/C=C/c3ccccc3Br)cc2)c1. The largest absolute Gasteiger partial charge is 0.427 e. The van der Waals surface area contributed by atoms with Gasteiger partial charge in [-0.2, -0.15) is 0 Å². The molecule has 0 saturated heterocycles. The summed E-state index contributed by atoms with van der Waals surface area (Å²) in [6.45, 7) is 1.30. The van der Waals surface area contributed by atoms with E-state index in [9.17, 15) is 14.4 Å². The Morgan fingerprint density at radius 2 is 1.55 bits per heavy atom. The summed E-state index contributed by atoms with van der Waals surface area (Å²) in [5.41, 5.74) is 2.41. The Morgan fingerprint density at radius 1 is 0.871 bits per heavy atom. The second-order valence-corrected chi connectivity index (χ2v) is 7.35. The van der Waals surface area contributed by atoms with Gasteiger partial charge >= 0.3 is 5.97 Å². The molecule has 0 bridgehead atoms. The summed E-state index contributed by atoms with van der Waals surface area (Å²) in [7, 11) is 0. The van der Waals surface area contributed by atoms with Gasteiger partial charge in [-0.15, -0.1) is 0 Å². The Bertz CT molecular complexity index is 1140. The normalized spacial score (nSPS) is 10.5. The third kappa shape index (κ3) is 6.65. The van der Waals surface area contributed by atoms with E-state index in [1.165, 1.54) is 19.1 Å². The Kier molecular flexibility index (Phi) is 7.35. The number of nitrogens with one attached hydrogen (secondary N) is 2. The number of rotatable bonds is 6. The van der Waals surface area contributed by atoms with E-state index in [1.807, 2.05) is 24.3 Å². The van der Waals surface area contributed by atoms with E-state index in [4.69, 9.17) is 4.74 Å². The minimum atomic E-state index is -0.457. The van der Waals surface area contributed by atoms with Crippen molar-refractivity contribution in [3.8, 4) is 5.75 Å². The van der Waals surface area contributed by atoms with Gasteiger partial charge in [0.15, 0.2) is 0 Å². The monoisotopic (exact) mass is 478 g/mol. The quantitative estimate of drug-likeness (QED) is 0.286. The Hall–Kier alpha value is -3.71. The van der Waals surface area contributed by atoms with E-state index < -0.39 is 5.97 Å². The maximum Gasteiger partial charge on any atom is 0.308 e. The van der Waals surface area contributed by atoms with Crippen molar-refractivity contribution in [1.82, 2.24) is 0 Å². The summed E-state index contributed by atoms with van der Waals surface area (Å²) in [5.74, 6) is -0.771. The van der Waals surface area contributed by atoms with Crippen molar-refractivity contribution < 1.29 is 19.1 Å². The summed E-state index contributed by atoms with van der Waals surface area (Å²) in [6, 6.07) is 20.7. The number of carbonyl (C=O) groups excluding carboxylic acids is 3. The maximum atomic E-state index is 12.4. The number of ether oxygens (including phenoxy) is 1. The van der Waals surface area contributed by atoms with Gasteiger partial charge in [-0.1, -0.05) is 40.2 Å². The average molecular weight is 479 g/mol. The topological polar surface area (TPSA) is 84.5 Å². The molecule has 0 saturated carbocycles. The first-order valence-electron chi connectivity index (χ1n) is 9.34. The number of hydrogen-bond acceptors (Lipinski definition) is 4.